The molecule has 1 aromatic carbocycles. The van der Waals surface area contributed by atoms with Crippen molar-refractivity contribution in [1.29, 1.82) is 0 Å². The van der Waals surface area contributed by atoms with Crippen LogP contribution in [0.15, 0.2) is 24.3 Å². The van der Waals surface area contributed by atoms with Crippen LogP contribution in [0.2, 0.25) is 0 Å². The predicted molar refractivity (Wildman–Crippen MR) is 87.8 cm³/mol. The lowest BCUT2D eigenvalue weighted by atomic mass is 10.1. The molecule has 0 bridgehead atoms. The molecule has 23 heavy (non-hydrogen) atoms. The van der Waals surface area contributed by atoms with E-state index in [1.807, 2.05) is 29.2 Å². The molecule has 0 aliphatic carbocycles. The van der Waals surface area contributed by atoms with Crippen LogP contribution in [0, 0.1) is 0 Å². The SMILES string of the molecule is COCCN(C)C(=O)NCc1ccc(CN2CCCC2=O)cc1. The van der Waals surface area contributed by atoms with Crippen molar-refractivity contribution in [2.45, 2.75) is 25.9 Å². The monoisotopic (exact) mass is 319 g/mol. The van der Waals surface area contributed by atoms with Crippen LogP contribution >= 0.6 is 0 Å². The topological polar surface area (TPSA) is 61.9 Å². The summed E-state index contributed by atoms with van der Waals surface area (Å²) in [6.07, 6.45) is 1.63. The summed E-state index contributed by atoms with van der Waals surface area (Å²) in [5, 5.41) is 2.87. The molecule has 126 valence electrons. The average Bonchev–Trinajstić information content (AvgIpc) is 2.96. The van der Waals surface area contributed by atoms with Gasteiger partial charge in [0, 0.05) is 46.8 Å². The standard InChI is InChI=1S/C17H25N3O3/c1-19(10-11-23-2)17(22)18-12-14-5-7-15(8-6-14)13-20-9-3-4-16(20)21/h5-8H,3-4,9-13H2,1-2H3,(H,18,22). The highest BCUT2D eigenvalue weighted by molar-refractivity contribution is 5.78. The van der Waals surface area contributed by atoms with Gasteiger partial charge < -0.3 is 19.9 Å². The Labute approximate surface area is 137 Å². The van der Waals surface area contributed by atoms with Crippen molar-refractivity contribution in [3.63, 3.8) is 0 Å². The second kappa shape index (κ2) is 8.53. The van der Waals surface area contributed by atoms with E-state index >= 15 is 0 Å². The first-order chi connectivity index (χ1) is 11.1. The maximum Gasteiger partial charge on any atom is 0.317 e. The van der Waals surface area contributed by atoms with Crippen LogP contribution in [-0.2, 0) is 22.6 Å². The third kappa shape index (κ3) is 5.25. The summed E-state index contributed by atoms with van der Waals surface area (Å²) in [6.45, 7) is 3.09. The Bertz CT molecular complexity index is 530. The number of urea groups is 1. The molecule has 1 aromatic rings. The van der Waals surface area contributed by atoms with E-state index in [1.165, 1.54) is 0 Å². The fourth-order valence-electron chi connectivity index (χ4n) is 2.50. The molecule has 6 heteroatoms. The molecule has 1 fully saturated rings. The largest absolute Gasteiger partial charge is 0.383 e. The average molecular weight is 319 g/mol. The van der Waals surface area contributed by atoms with E-state index in [1.54, 1.807) is 19.1 Å². The summed E-state index contributed by atoms with van der Waals surface area (Å²) >= 11 is 0. The van der Waals surface area contributed by atoms with Crippen LogP contribution in [-0.4, -0.2) is 55.6 Å². The third-order valence-electron chi connectivity index (χ3n) is 3.99. The Morgan fingerprint density at radius 3 is 2.61 bits per heavy atom. The minimum Gasteiger partial charge on any atom is -0.383 e. The van der Waals surface area contributed by atoms with Gasteiger partial charge in [0.25, 0.3) is 0 Å². The number of hydrogen-bond donors (Lipinski definition) is 1. The van der Waals surface area contributed by atoms with E-state index in [2.05, 4.69) is 5.32 Å². The molecule has 2 rings (SSSR count). The summed E-state index contributed by atoms with van der Waals surface area (Å²) < 4.78 is 4.95. The van der Waals surface area contributed by atoms with Gasteiger partial charge in [0.15, 0.2) is 0 Å². The van der Waals surface area contributed by atoms with Gasteiger partial charge in [-0.05, 0) is 17.5 Å². The second-order valence-corrected chi connectivity index (χ2v) is 5.81. The number of benzene rings is 1. The van der Waals surface area contributed by atoms with Gasteiger partial charge in [-0.15, -0.1) is 0 Å². The number of ether oxygens (including phenoxy) is 1. The number of likely N-dealkylation sites (tertiary alicyclic amines) is 1. The lowest BCUT2D eigenvalue weighted by Crippen LogP contribution is -2.38. The van der Waals surface area contributed by atoms with Gasteiger partial charge in [-0.1, -0.05) is 24.3 Å². The van der Waals surface area contributed by atoms with Crippen molar-refractivity contribution >= 4 is 11.9 Å². The van der Waals surface area contributed by atoms with Crippen LogP contribution < -0.4 is 5.32 Å². The molecule has 1 aliphatic rings. The quantitative estimate of drug-likeness (QED) is 0.830. The summed E-state index contributed by atoms with van der Waals surface area (Å²) in [6, 6.07) is 7.90. The summed E-state index contributed by atoms with van der Waals surface area (Å²) in [7, 11) is 3.35. The molecule has 0 spiro atoms. The fourth-order valence-corrected chi connectivity index (χ4v) is 2.50. The van der Waals surface area contributed by atoms with Gasteiger partial charge in [-0.3, -0.25) is 4.79 Å². The molecule has 0 aromatic heterocycles. The van der Waals surface area contributed by atoms with Crippen LogP contribution in [0.3, 0.4) is 0 Å². The van der Waals surface area contributed by atoms with Gasteiger partial charge in [-0.25, -0.2) is 4.79 Å². The first kappa shape index (κ1) is 17.3. The predicted octanol–water partition coefficient (Wildman–Crippen LogP) is 1.60. The maximum atomic E-state index is 11.9. The number of amides is 3. The first-order valence-corrected chi connectivity index (χ1v) is 7.93. The first-order valence-electron chi connectivity index (χ1n) is 7.93. The highest BCUT2D eigenvalue weighted by Crippen LogP contribution is 2.14. The van der Waals surface area contributed by atoms with Gasteiger partial charge in [0.05, 0.1) is 6.61 Å². The van der Waals surface area contributed by atoms with Gasteiger partial charge in [-0.2, -0.15) is 0 Å². The van der Waals surface area contributed by atoms with Crippen molar-refractivity contribution < 1.29 is 14.3 Å². The molecule has 1 heterocycles. The highest BCUT2D eigenvalue weighted by Gasteiger charge is 2.19. The Kier molecular flexibility index (Phi) is 6.40. The Morgan fingerprint density at radius 1 is 1.30 bits per heavy atom. The molecule has 1 saturated heterocycles. The number of nitrogens with zero attached hydrogens (tertiary/aromatic N) is 2. The number of carbonyl (C=O) groups excluding carboxylic acids is 2. The lowest BCUT2D eigenvalue weighted by Gasteiger charge is -2.18. The van der Waals surface area contributed by atoms with Crippen molar-refractivity contribution in [1.82, 2.24) is 15.1 Å². The molecule has 0 saturated carbocycles. The van der Waals surface area contributed by atoms with E-state index < -0.39 is 0 Å². The molecule has 0 atom stereocenters. The summed E-state index contributed by atoms with van der Waals surface area (Å²) in [4.78, 5) is 27.0. The Morgan fingerprint density at radius 2 is 2.00 bits per heavy atom. The molecule has 3 amide bonds. The highest BCUT2D eigenvalue weighted by atomic mass is 16.5. The summed E-state index contributed by atoms with van der Waals surface area (Å²) in [5.41, 5.74) is 2.16. The van der Waals surface area contributed by atoms with E-state index in [-0.39, 0.29) is 11.9 Å². The van der Waals surface area contributed by atoms with E-state index in [0.717, 1.165) is 24.1 Å². The van der Waals surface area contributed by atoms with Crippen LogP contribution in [0.5, 0.6) is 0 Å². The molecule has 0 radical (unpaired) electrons. The van der Waals surface area contributed by atoms with Gasteiger partial charge in [0.1, 0.15) is 0 Å². The fraction of sp³-hybridized carbons (Fsp3) is 0.529. The molecular formula is C17H25N3O3. The van der Waals surface area contributed by atoms with Crippen molar-refractivity contribution in [3.05, 3.63) is 35.4 Å². The molecule has 0 unspecified atom stereocenters. The number of rotatable bonds is 7. The van der Waals surface area contributed by atoms with Crippen molar-refractivity contribution in [2.75, 3.05) is 33.9 Å². The van der Waals surface area contributed by atoms with E-state index in [9.17, 15) is 9.59 Å². The third-order valence-corrected chi connectivity index (χ3v) is 3.99. The zero-order chi connectivity index (χ0) is 16.7. The van der Waals surface area contributed by atoms with Crippen LogP contribution in [0.4, 0.5) is 4.79 Å². The number of methoxy groups -OCH3 is 1. The number of hydrogen-bond acceptors (Lipinski definition) is 3. The van der Waals surface area contributed by atoms with Gasteiger partial charge >= 0.3 is 6.03 Å². The maximum absolute atomic E-state index is 11.9. The Hall–Kier alpha value is -2.08. The molecule has 1 aliphatic heterocycles. The van der Waals surface area contributed by atoms with Crippen LogP contribution in [0.1, 0.15) is 24.0 Å². The number of carbonyl (C=O) groups is 2. The smallest absolute Gasteiger partial charge is 0.317 e. The zero-order valence-corrected chi connectivity index (χ0v) is 13.9. The van der Waals surface area contributed by atoms with Gasteiger partial charge in [0.2, 0.25) is 5.91 Å². The van der Waals surface area contributed by atoms with Crippen LogP contribution in [0.25, 0.3) is 0 Å². The number of nitrogens with one attached hydrogen (secondary N) is 1. The Balaban J connectivity index is 1.78. The van der Waals surface area contributed by atoms with E-state index in [0.29, 0.717) is 32.7 Å². The molecule has 1 N–H and O–H groups in total. The normalized spacial score (nSPS) is 14.2. The molecule has 6 nitrogen and oxygen atoms in total. The molecular weight excluding hydrogens is 294 g/mol. The van der Waals surface area contributed by atoms with E-state index in [4.69, 9.17) is 4.74 Å². The lowest BCUT2D eigenvalue weighted by molar-refractivity contribution is -0.128. The minimum atomic E-state index is -0.117. The second-order valence-electron chi connectivity index (χ2n) is 5.81. The zero-order valence-electron chi connectivity index (χ0n) is 13.9. The minimum absolute atomic E-state index is 0.117. The number of likely N-dealkylation sites (N-methyl/N-ethyl adjacent to an activating group) is 1. The van der Waals surface area contributed by atoms with Crippen molar-refractivity contribution in [3.8, 4) is 0 Å². The van der Waals surface area contributed by atoms with Crippen molar-refractivity contribution in [2.24, 2.45) is 0 Å². The summed E-state index contributed by atoms with van der Waals surface area (Å²) in [5.74, 6) is 0.237.